The molecule has 0 spiro atoms. The Morgan fingerprint density at radius 2 is 1.71 bits per heavy atom. The predicted molar refractivity (Wildman–Crippen MR) is 60.3 cm³/mol. The first-order chi connectivity index (χ1) is 6.90. The van der Waals surface area contributed by atoms with E-state index < -0.39 is 0 Å². The van der Waals surface area contributed by atoms with Crippen LogP contribution in [-0.2, 0) is 0 Å². The van der Waals surface area contributed by atoms with Crippen LogP contribution in [0.25, 0.3) is 0 Å². The molecular weight excluding hydrogens is 192 g/mol. The number of piperidine rings is 1. The van der Waals surface area contributed by atoms with Gasteiger partial charge in [-0.15, -0.1) is 0 Å². The summed E-state index contributed by atoms with van der Waals surface area (Å²) in [6.45, 7) is 2.32. The zero-order chi connectivity index (χ0) is 9.80. The van der Waals surface area contributed by atoms with Crippen LogP contribution in [0.3, 0.4) is 0 Å². The van der Waals surface area contributed by atoms with Gasteiger partial charge in [-0.3, -0.25) is 0 Å². The van der Waals surface area contributed by atoms with Crippen LogP contribution < -0.4 is 0 Å². The largest absolute Gasteiger partial charge is 0.300 e. The van der Waals surface area contributed by atoms with Crippen molar-refractivity contribution in [1.29, 1.82) is 5.26 Å². The first-order valence-corrected chi connectivity index (χ1v) is 6.77. The summed E-state index contributed by atoms with van der Waals surface area (Å²) in [4.78, 5) is 2.62. The van der Waals surface area contributed by atoms with Crippen molar-refractivity contribution >= 4 is 11.8 Å². The number of thioether (sulfide) groups is 1. The highest BCUT2D eigenvalue weighted by molar-refractivity contribution is 7.99. The molecule has 0 atom stereocenters. The Hall–Kier alpha value is -0.200. The maximum Gasteiger partial charge on any atom is 0.0656 e. The van der Waals surface area contributed by atoms with E-state index in [9.17, 15) is 0 Å². The summed E-state index contributed by atoms with van der Waals surface area (Å²) in [7, 11) is 0. The van der Waals surface area contributed by atoms with Gasteiger partial charge in [0.2, 0.25) is 0 Å². The molecular formula is C11H18N2S. The SMILES string of the molecule is N#CC1CCN(C2CCSCC2)CC1. The van der Waals surface area contributed by atoms with Crippen molar-refractivity contribution in [2.24, 2.45) is 5.92 Å². The molecule has 3 heteroatoms. The third-order valence-electron chi connectivity index (χ3n) is 3.42. The van der Waals surface area contributed by atoms with Gasteiger partial charge in [-0.25, -0.2) is 0 Å². The van der Waals surface area contributed by atoms with Gasteiger partial charge in [-0.1, -0.05) is 0 Å². The number of hydrogen-bond acceptors (Lipinski definition) is 3. The molecule has 0 aromatic rings. The monoisotopic (exact) mass is 210 g/mol. The lowest BCUT2D eigenvalue weighted by Gasteiger charge is -2.37. The first-order valence-electron chi connectivity index (χ1n) is 5.61. The number of likely N-dealkylation sites (tertiary alicyclic amines) is 1. The second kappa shape index (κ2) is 5.04. The van der Waals surface area contributed by atoms with Gasteiger partial charge < -0.3 is 4.90 Å². The van der Waals surface area contributed by atoms with Gasteiger partial charge in [-0.2, -0.15) is 17.0 Å². The van der Waals surface area contributed by atoms with Gasteiger partial charge in [0.05, 0.1) is 6.07 Å². The third-order valence-corrected chi connectivity index (χ3v) is 4.47. The van der Waals surface area contributed by atoms with Crippen LogP contribution in [0.2, 0.25) is 0 Å². The average Bonchev–Trinajstić information content (AvgIpc) is 2.30. The van der Waals surface area contributed by atoms with Crippen molar-refractivity contribution in [3.63, 3.8) is 0 Å². The van der Waals surface area contributed by atoms with E-state index in [1.165, 1.54) is 24.3 Å². The van der Waals surface area contributed by atoms with E-state index in [1.807, 2.05) is 0 Å². The van der Waals surface area contributed by atoms with Crippen molar-refractivity contribution < 1.29 is 0 Å². The first kappa shape index (κ1) is 10.3. The molecule has 0 amide bonds. The lowest BCUT2D eigenvalue weighted by atomic mass is 9.96. The maximum atomic E-state index is 8.82. The summed E-state index contributed by atoms with van der Waals surface area (Å²) in [5.74, 6) is 3.01. The van der Waals surface area contributed by atoms with Crippen molar-refractivity contribution in [3.8, 4) is 6.07 Å². The molecule has 2 fully saturated rings. The Morgan fingerprint density at radius 3 is 2.29 bits per heavy atom. The standard InChI is InChI=1S/C11H18N2S/c12-9-10-1-5-13(6-2-10)11-3-7-14-8-4-11/h10-11H,1-8H2. The van der Waals surface area contributed by atoms with Gasteiger partial charge in [0.15, 0.2) is 0 Å². The fourth-order valence-corrected chi connectivity index (χ4v) is 3.53. The number of nitrogens with zero attached hydrogens (tertiary/aromatic N) is 2. The van der Waals surface area contributed by atoms with E-state index in [2.05, 4.69) is 22.7 Å². The molecule has 2 heterocycles. The zero-order valence-corrected chi connectivity index (χ0v) is 9.43. The quantitative estimate of drug-likeness (QED) is 0.663. The molecule has 2 aliphatic rings. The molecule has 2 rings (SSSR count). The van der Waals surface area contributed by atoms with Crippen LogP contribution in [0.4, 0.5) is 0 Å². The molecule has 2 saturated heterocycles. The summed E-state index contributed by atoms with van der Waals surface area (Å²) in [6.07, 6.45) is 4.92. The zero-order valence-electron chi connectivity index (χ0n) is 8.61. The Labute approximate surface area is 90.7 Å². The molecule has 0 N–H and O–H groups in total. The summed E-state index contributed by atoms with van der Waals surface area (Å²) >= 11 is 2.09. The van der Waals surface area contributed by atoms with E-state index in [0.717, 1.165) is 32.0 Å². The average molecular weight is 210 g/mol. The number of rotatable bonds is 1. The van der Waals surface area contributed by atoms with Crippen LogP contribution in [0.15, 0.2) is 0 Å². The lowest BCUT2D eigenvalue weighted by molar-refractivity contribution is 0.139. The van der Waals surface area contributed by atoms with Crippen molar-refractivity contribution in [2.75, 3.05) is 24.6 Å². The summed E-state index contributed by atoms with van der Waals surface area (Å²) < 4.78 is 0. The van der Waals surface area contributed by atoms with Gasteiger partial charge in [0.1, 0.15) is 0 Å². The predicted octanol–water partition coefficient (Wildman–Crippen LogP) is 2.12. The Morgan fingerprint density at radius 1 is 1.07 bits per heavy atom. The van der Waals surface area contributed by atoms with Gasteiger partial charge in [-0.05, 0) is 50.3 Å². The second-order valence-electron chi connectivity index (χ2n) is 4.28. The topological polar surface area (TPSA) is 27.0 Å². The van der Waals surface area contributed by atoms with Gasteiger partial charge in [0.25, 0.3) is 0 Å². The van der Waals surface area contributed by atoms with Crippen LogP contribution in [0, 0.1) is 17.2 Å². The highest BCUT2D eigenvalue weighted by Gasteiger charge is 2.25. The van der Waals surface area contributed by atoms with Gasteiger partial charge in [0, 0.05) is 12.0 Å². The van der Waals surface area contributed by atoms with Crippen molar-refractivity contribution in [2.45, 2.75) is 31.7 Å². The van der Waals surface area contributed by atoms with Crippen molar-refractivity contribution in [3.05, 3.63) is 0 Å². The van der Waals surface area contributed by atoms with E-state index in [0.29, 0.717) is 5.92 Å². The highest BCUT2D eigenvalue weighted by atomic mass is 32.2. The Kier molecular flexibility index (Phi) is 3.72. The third kappa shape index (κ3) is 2.43. The molecule has 0 unspecified atom stereocenters. The second-order valence-corrected chi connectivity index (χ2v) is 5.51. The van der Waals surface area contributed by atoms with Crippen LogP contribution in [0.5, 0.6) is 0 Å². The number of nitriles is 1. The van der Waals surface area contributed by atoms with E-state index >= 15 is 0 Å². The van der Waals surface area contributed by atoms with E-state index in [-0.39, 0.29) is 0 Å². The highest BCUT2D eigenvalue weighted by Crippen LogP contribution is 2.25. The molecule has 78 valence electrons. The summed E-state index contributed by atoms with van der Waals surface area (Å²) in [5.41, 5.74) is 0. The molecule has 0 aliphatic carbocycles. The maximum absolute atomic E-state index is 8.82. The van der Waals surface area contributed by atoms with Crippen molar-refractivity contribution in [1.82, 2.24) is 4.90 Å². The van der Waals surface area contributed by atoms with Crippen LogP contribution in [-0.4, -0.2) is 35.5 Å². The molecule has 0 aromatic heterocycles. The summed E-state index contributed by atoms with van der Waals surface area (Å²) in [6, 6.07) is 3.23. The Balaban J connectivity index is 1.79. The minimum Gasteiger partial charge on any atom is -0.300 e. The van der Waals surface area contributed by atoms with E-state index in [1.54, 1.807) is 0 Å². The summed E-state index contributed by atoms with van der Waals surface area (Å²) in [5, 5.41) is 8.82. The normalized spacial score (nSPS) is 27.4. The smallest absolute Gasteiger partial charge is 0.0656 e. The molecule has 0 saturated carbocycles. The number of hydrogen-bond donors (Lipinski definition) is 0. The molecule has 0 radical (unpaired) electrons. The molecule has 0 aromatic carbocycles. The minimum atomic E-state index is 0.337. The fraction of sp³-hybridized carbons (Fsp3) is 0.909. The molecule has 2 nitrogen and oxygen atoms in total. The molecule has 2 aliphatic heterocycles. The Bertz CT molecular complexity index is 210. The molecule has 0 bridgehead atoms. The van der Waals surface area contributed by atoms with Crippen LogP contribution in [0.1, 0.15) is 25.7 Å². The van der Waals surface area contributed by atoms with E-state index in [4.69, 9.17) is 5.26 Å². The fourth-order valence-electron chi connectivity index (χ4n) is 2.44. The molecule has 14 heavy (non-hydrogen) atoms. The lowest BCUT2D eigenvalue weighted by Crippen LogP contribution is -2.42. The minimum absolute atomic E-state index is 0.337. The van der Waals surface area contributed by atoms with Gasteiger partial charge >= 0.3 is 0 Å². The van der Waals surface area contributed by atoms with Crippen LogP contribution >= 0.6 is 11.8 Å².